The zero-order chi connectivity index (χ0) is 14.5. The highest BCUT2D eigenvalue weighted by molar-refractivity contribution is 7.98. The lowest BCUT2D eigenvalue weighted by Crippen LogP contribution is -2.34. The summed E-state index contributed by atoms with van der Waals surface area (Å²) in [6.07, 6.45) is 5.51. The van der Waals surface area contributed by atoms with Crippen LogP contribution in [0.5, 0.6) is 0 Å². The molecule has 0 aromatic carbocycles. The predicted molar refractivity (Wildman–Crippen MR) is 85.4 cm³/mol. The van der Waals surface area contributed by atoms with Gasteiger partial charge in [-0.2, -0.15) is 11.8 Å². The Balaban J connectivity index is 2.17. The summed E-state index contributed by atoms with van der Waals surface area (Å²) in [5.41, 5.74) is 1.71. The number of carbonyl (C=O) groups excluding carboxylic acids is 1. The number of thiazole rings is 1. The predicted octanol–water partition coefficient (Wildman–Crippen LogP) is 2.99. The van der Waals surface area contributed by atoms with Crippen molar-refractivity contribution in [2.75, 3.05) is 12.0 Å². The Bertz CT molecular complexity index is 583. The average molecular weight is 307 g/mol. The number of hydrogen-bond donors (Lipinski definition) is 1. The van der Waals surface area contributed by atoms with E-state index < -0.39 is 0 Å². The van der Waals surface area contributed by atoms with E-state index in [4.69, 9.17) is 0 Å². The number of rotatable bonds is 5. The summed E-state index contributed by atoms with van der Waals surface area (Å²) in [7, 11) is 0. The van der Waals surface area contributed by atoms with Gasteiger partial charge in [-0.15, -0.1) is 11.3 Å². The Morgan fingerprint density at radius 3 is 3.00 bits per heavy atom. The van der Waals surface area contributed by atoms with Crippen LogP contribution >= 0.6 is 23.1 Å². The number of pyridine rings is 1. The zero-order valence-corrected chi connectivity index (χ0v) is 13.3. The van der Waals surface area contributed by atoms with Crippen LogP contribution in [0.2, 0.25) is 0 Å². The number of nitrogens with one attached hydrogen (secondary N) is 1. The number of carbonyl (C=O) groups is 1. The van der Waals surface area contributed by atoms with Crippen molar-refractivity contribution in [3.63, 3.8) is 0 Å². The second-order valence-electron chi connectivity index (χ2n) is 4.51. The summed E-state index contributed by atoms with van der Waals surface area (Å²) in [6.45, 7) is 3.87. The Hall–Kier alpha value is -1.40. The lowest BCUT2D eigenvalue weighted by atomic mass is 10.3. The fourth-order valence-electron chi connectivity index (χ4n) is 1.80. The van der Waals surface area contributed by atoms with Crippen LogP contribution in [0.4, 0.5) is 0 Å². The molecule has 6 heteroatoms. The van der Waals surface area contributed by atoms with E-state index in [-0.39, 0.29) is 11.9 Å². The first-order valence-corrected chi connectivity index (χ1v) is 8.50. The molecule has 0 radical (unpaired) electrons. The minimum absolute atomic E-state index is 0.0447. The van der Waals surface area contributed by atoms with Crippen LogP contribution < -0.4 is 5.32 Å². The van der Waals surface area contributed by atoms with E-state index >= 15 is 0 Å². The van der Waals surface area contributed by atoms with Crippen LogP contribution in [0.3, 0.4) is 0 Å². The third kappa shape index (κ3) is 3.58. The molecule has 0 aliphatic heterocycles. The van der Waals surface area contributed by atoms with E-state index in [0.29, 0.717) is 4.88 Å². The number of amides is 1. The van der Waals surface area contributed by atoms with Gasteiger partial charge in [0, 0.05) is 29.8 Å². The fraction of sp³-hybridized carbons (Fsp3) is 0.357. The van der Waals surface area contributed by atoms with Gasteiger partial charge in [0.15, 0.2) is 0 Å². The first kappa shape index (κ1) is 15.0. The van der Waals surface area contributed by atoms with Gasteiger partial charge >= 0.3 is 0 Å². The normalized spacial score (nSPS) is 12.2. The van der Waals surface area contributed by atoms with E-state index in [1.807, 2.05) is 32.2 Å². The summed E-state index contributed by atoms with van der Waals surface area (Å²) in [4.78, 5) is 21.5. The van der Waals surface area contributed by atoms with E-state index in [1.165, 1.54) is 11.3 Å². The molecule has 4 nitrogen and oxygen atoms in total. The molecule has 0 saturated heterocycles. The van der Waals surface area contributed by atoms with Crippen LogP contribution in [0.25, 0.3) is 10.6 Å². The number of thioether (sulfide) groups is 1. The number of hydrogen-bond acceptors (Lipinski definition) is 5. The third-order valence-electron chi connectivity index (χ3n) is 2.71. The molecular formula is C14H17N3OS2. The fourth-order valence-corrected chi connectivity index (χ4v) is 3.34. The molecule has 0 aliphatic carbocycles. The van der Waals surface area contributed by atoms with Gasteiger partial charge in [0.1, 0.15) is 9.88 Å². The number of nitrogens with zero attached hydrogens (tertiary/aromatic N) is 2. The molecule has 1 atom stereocenters. The third-order valence-corrected chi connectivity index (χ3v) is 4.74. The van der Waals surface area contributed by atoms with Crippen molar-refractivity contribution < 1.29 is 4.79 Å². The monoisotopic (exact) mass is 307 g/mol. The van der Waals surface area contributed by atoms with Crippen molar-refractivity contribution >= 4 is 29.0 Å². The standard InChI is InChI=1S/C14H17N3OS2/c1-9(8-19-3)16-13(18)12-10(2)17-14(20-12)11-5-4-6-15-7-11/h4-7,9H,8H2,1-3H3,(H,16,18). The van der Waals surface area contributed by atoms with Crippen molar-refractivity contribution in [1.29, 1.82) is 0 Å². The molecule has 0 saturated carbocycles. The Labute approximate surface area is 127 Å². The summed E-state index contributed by atoms with van der Waals surface area (Å²) in [5.74, 6) is 0.857. The zero-order valence-electron chi connectivity index (χ0n) is 11.7. The average Bonchev–Trinajstić information content (AvgIpc) is 2.82. The lowest BCUT2D eigenvalue weighted by Gasteiger charge is -2.11. The van der Waals surface area contributed by atoms with Crippen molar-refractivity contribution in [1.82, 2.24) is 15.3 Å². The summed E-state index contributed by atoms with van der Waals surface area (Å²) in [5, 5.41) is 3.83. The SMILES string of the molecule is CSCC(C)NC(=O)c1sc(-c2cccnc2)nc1C. The van der Waals surface area contributed by atoms with E-state index in [1.54, 1.807) is 24.2 Å². The quantitative estimate of drug-likeness (QED) is 0.922. The molecule has 2 rings (SSSR count). The highest BCUT2D eigenvalue weighted by Crippen LogP contribution is 2.27. The molecule has 1 unspecified atom stereocenters. The van der Waals surface area contributed by atoms with E-state index in [2.05, 4.69) is 15.3 Å². The van der Waals surface area contributed by atoms with Crippen LogP contribution in [-0.4, -0.2) is 33.9 Å². The van der Waals surface area contributed by atoms with Crippen LogP contribution in [-0.2, 0) is 0 Å². The van der Waals surface area contributed by atoms with Gasteiger partial charge < -0.3 is 5.32 Å². The minimum atomic E-state index is -0.0447. The number of aromatic nitrogens is 2. The summed E-state index contributed by atoms with van der Waals surface area (Å²) < 4.78 is 0. The maximum atomic E-state index is 12.2. The Morgan fingerprint density at radius 1 is 1.55 bits per heavy atom. The summed E-state index contributed by atoms with van der Waals surface area (Å²) >= 11 is 3.13. The van der Waals surface area contributed by atoms with Gasteiger partial charge in [-0.05, 0) is 32.2 Å². The van der Waals surface area contributed by atoms with E-state index in [9.17, 15) is 4.79 Å². The molecule has 0 spiro atoms. The molecule has 2 heterocycles. The van der Waals surface area contributed by atoms with Gasteiger partial charge in [-0.1, -0.05) is 0 Å². The molecule has 1 amide bonds. The molecule has 2 aromatic rings. The van der Waals surface area contributed by atoms with Crippen molar-refractivity contribution in [2.24, 2.45) is 0 Å². The van der Waals surface area contributed by atoms with Gasteiger partial charge in [-0.25, -0.2) is 4.98 Å². The highest BCUT2D eigenvalue weighted by Gasteiger charge is 2.17. The molecule has 20 heavy (non-hydrogen) atoms. The van der Waals surface area contributed by atoms with Crippen molar-refractivity contribution in [3.05, 3.63) is 35.1 Å². The van der Waals surface area contributed by atoms with Crippen LogP contribution in [0, 0.1) is 6.92 Å². The first-order chi connectivity index (χ1) is 9.61. The smallest absolute Gasteiger partial charge is 0.263 e. The Kier molecular flexibility index (Phi) is 5.14. The minimum Gasteiger partial charge on any atom is -0.348 e. The molecule has 1 N–H and O–H groups in total. The van der Waals surface area contributed by atoms with Gasteiger partial charge in [0.05, 0.1) is 5.69 Å². The maximum absolute atomic E-state index is 12.2. The van der Waals surface area contributed by atoms with E-state index in [0.717, 1.165) is 22.0 Å². The van der Waals surface area contributed by atoms with Gasteiger partial charge in [0.25, 0.3) is 5.91 Å². The molecule has 106 valence electrons. The lowest BCUT2D eigenvalue weighted by molar-refractivity contribution is 0.0947. The largest absolute Gasteiger partial charge is 0.348 e. The summed E-state index contributed by atoms with van der Waals surface area (Å²) in [6, 6.07) is 3.97. The number of aryl methyl sites for hydroxylation is 1. The highest BCUT2D eigenvalue weighted by atomic mass is 32.2. The molecule has 0 aliphatic rings. The maximum Gasteiger partial charge on any atom is 0.263 e. The van der Waals surface area contributed by atoms with Crippen LogP contribution in [0.15, 0.2) is 24.5 Å². The van der Waals surface area contributed by atoms with Crippen molar-refractivity contribution in [3.8, 4) is 10.6 Å². The molecule has 0 fully saturated rings. The van der Waals surface area contributed by atoms with Crippen molar-refractivity contribution in [2.45, 2.75) is 19.9 Å². The topological polar surface area (TPSA) is 54.9 Å². The molecular weight excluding hydrogens is 290 g/mol. The Morgan fingerprint density at radius 2 is 2.35 bits per heavy atom. The first-order valence-electron chi connectivity index (χ1n) is 6.29. The van der Waals surface area contributed by atoms with Gasteiger partial charge in [0.2, 0.25) is 0 Å². The van der Waals surface area contributed by atoms with Gasteiger partial charge in [-0.3, -0.25) is 9.78 Å². The second kappa shape index (κ2) is 6.85. The second-order valence-corrected chi connectivity index (χ2v) is 6.41. The molecule has 0 bridgehead atoms. The van der Waals surface area contributed by atoms with Crippen LogP contribution in [0.1, 0.15) is 22.3 Å². The molecule has 2 aromatic heterocycles.